The van der Waals surface area contributed by atoms with Gasteiger partial charge in [-0.2, -0.15) is 0 Å². The maximum absolute atomic E-state index is 14.3. The van der Waals surface area contributed by atoms with E-state index in [1.807, 2.05) is 35.7 Å². The molecule has 3 aliphatic rings. The Hall–Kier alpha value is -7.97. The molecule has 68 heavy (non-hydrogen) atoms. The smallest absolute Gasteiger partial charge is 0.170 e. The van der Waals surface area contributed by atoms with Crippen LogP contribution in [0.15, 0.2) is 244 Å². The molecule has 11 aromatic rings. The molecule has 1 aliphatic carbocycles. The summed E-state index contributed by atoms with van der Waals surface area (Å²) in [6, 6.07) is 73.7. The summed E-state index contributed by atoms with van der Waals surface area (Å²) in [5.41, 5.74) is 14.4. The third-order valence-electron chi connectivity index (χ3n) is 13.8. The molecule has 5 nitrogen and oxygen atoms in total. The SMILES string of the molecule is O=C(c1ccc(-n2c3ccccc3c3cc(N4c5ccccc5Sc5ccccc54)ccc32)cc1)C1C=CC(n2c3ccccc3c3cc(N4c5ccccc5Sc5ccccc54)ccc32)=CC1. The van der Waals surface area contributed by atoms with E-state index in [1.54, 1.807) is 0 Å². The molecule has 7 heteroatoms. The van der Waals surface area contributed by atoms with Crippen molar-refractivity contribution >= 4 is 113 Å². The van der Waals surface area contributed by atoms with Gasteiger partial charge in [0, 0.05) is 75.4 Å². The number of rotatable bonds is 6. The monoisotopic (exact) mass is 908 g/mol. The molecule has 0 saturated carbocycles. The van der Waals surface area contributed by atoms with Gasteiger partial charge in [0.05, 0.1) is 44.8 Å². The van der Waals surface area contributed by atoms with Crippen LogP contribution in [0.3, 0.4) is 0 Å². The second-order valence-electron chi connectivity index (χ2n) is 17.6. The fourth-order valence-electron chi connectivity index (χ4n) is 10.7. The minimum atomic E-state index is -0.253. The molecule has 0 bridgehead atoms. The lowest BCUT2D eigenvalue weighted by atomic mass is 9.91. The van der Waals surface area contributed by atoms with Crippen molar-refractivity contribution in [2.75, 3.05) is 9.80 Å². The van der Waals surface area contributed by atoms with Crippen molar-refractivity contribution in [3.05, 3.63) is 230 Å². The van der Waals surface area contributed by atoms with Gasteiger partial charge in [-0.1, -0.05) is 121 Å². The number of anilines is 6. The molecule has 322 valence electrons. The molecule has 0 spiro atoms. The number of hydrogen-bond donors (Lipinski definition) is 0. The number of hydrogen-bond acceptors (Lipinski definition) is 5. The van der Waals surface area contributed by atoms with Crippen LogP contribution in [0.25, 0.3) is 55.0 Å². The van der Waals surface area contributed by atoms with Gasteiger partial charge in [0.15, 0.2) is 5.78 Å². The van der Waals surface area contributed by atoms with Crippen molar-refractivity contribution in [2.24, 2.45) is 5.92 Å². The van der Waals surface area contributed by atoms with Gasteiger partial charge < -0.3 is 18.9 Å². The summed E-state index contributed by atoms with van der Waals surface area (Å²) in [6.45, 7) is 0. The van der Waals surface area contributed by atoms with E-state index in [0.717, 1.165) is 44.8 Å². The third-order valence-corrected chi connectivity index (χ3v) is 16.0. The van der Waals surface area contributed by atoms with Crippen LogP contribution in [-0.2, 0) is 0 Å². The Kier molecular flexibility index (Phi) is 8.97. The highest BCUT2D eigenvalue weighted by Crippen LogP contribution is 2.53. The number of ketones is 1. The van der Waals surface area contributed by atoms with Crippen molar-refractivity contribution in [1.82, 2.24) is 9.13 Å². The van der Waals surface area contributed by atoms with Crippen LogP contribution >= 0.6 is 23.5 Å². The van der Waals surface area contributed by atoms with Crippen LogP contribution < -0.4 is 9.80 Å². The highest BCUT2D eigenvalue weighted by molar-refractivity contribution is 8.00. The lowest BCUT2D eigenvalue weighted by Gasteiger charge is -2.32. The molecule has 1 unspecified atom stereocenters. The van der Waals surface area contributed by atoms with E-state index >= 15 is 0 Å². The molecule has 0 N–H and O–H groups in total. The first-order valence-corrected chi connectivity index (χ1v) is 24.7. The number of Topliss-reactive ketones (excluding diaryl/α,β-unsaturated/α-hetero) is 1. The molecule has 0 saturated heterocycles. The molecule has 14 rings (SSSR count). The summed E-state index contributed by atoms with van der Waals surface area (Å²) in [6.07, 6.45) is 7.10. The topological polar surface area (TPSA) is 33.4 Å². The maximum atomic E-state index is 14.3. The van der Waals surface area contributed by atoms with Gasteiger partial charge in [0.1, 0.15) is 0 Å². The zero-order valence-electron chi connectivity index (χ0n) is 36.7. The average Bonchev–Trinajstić information content (AvgIpc) is 3.91. The van der Waals surface area contributed by atoms with Gasteiger partial charge in [-0.25, -0.2) is 0 Å². The molecular formula is C61H40N4OS2. The Morgan fingerprint density at radius 3 is 1.31 bits per heavy atom. The molecule has 0 fully saturated rings. The van der Waals surface area contributed by atoms with Crippen LogP contribution in [0.4, 0.5) is 34.1 Å². The quantitative estimate of drug-likeness (QED) is 0.155. The number of nitrogens with zero attached hydrogens (tertiary/aromatic N) is 4. The summed E-state index contributed by atoms with van der Waals surface area (Å²) >= 11 is 3.65. The second kappa shape index (κ2) is 15.6. The molecule has 2 aliphatic heterocycles. The van der Waals surface area contributed by atoms with E-state index in [4.69, 9.17) is 0 Å². The number of carbonyl (C=O) groups excluding carboxylic acids is 1. The predicted molar refractivity (Wildman–Crippen MR) is 284 cm³/mol. The second-order valence-corrected chi connectivity index (χ2v) is 19.8. The fourth-order valence-corrected chi connectivity index (χ4v) is 12.8. The Labute approximate surface area is 401 Å². The normalized spacial score (nSPS) is 15.1. The van der Waals surface area contributed by atoms with Crippen LogP contribution in [0, 0.1) is 5.92 Å². The predicted octanol–water partition coefficient (Wildman–Crippen LogP) is 17.1. The van der Waals surface area contributed by atoms with Crippen molar-refractivity contribution < 1.29 is 4.79 Å². The lowest BCUT2D eigenvalue weighted by molar-refractivity contribution is 0.0945. The van der Waals surface area contributed by atoms with E-state index < -0.39 is 0 Å². The van der Waals surface area contributed by atoms with Crippen LogP contribution in [-0.4, -0.2) is 14.9 Å². The molecule has 9 aromatic carbocycles. The summed E-state index contributed by atoms with van der Waals surface area (Å²) in [7, 11) is 0. The van der Waals surface area contributed by atoms with E-state index in [9.17, 15) is 4.79 Å². The van der Waals surface area contributed by atoms with Crippen LogP contribution in [0.1, 0.15) is 16.8 Å². The van der Waals surface area contributed by atoms with Crippen LogP contribution in [0.5, 0.6) is 0 Å². The van der Waals surface area contributed by atoms with E-state index in [0.29, 0.717) is 12.0 Å². The molecular weight excluding hydrogens is 869 g/mol. The van der Waals surface area contributed by atoms with E-state index in [-0.39, 0.29) is 11.7 Å². The summed E-state index contributed by atoms with van der Waals surface area (Å²) in [5, 5.41) is 4.77. The minimum Gasteiger partial charge on any atom is -0.310 e. The van der Waals surface area contributed by atoms with E-state index in [2.05, 4.69) is 231 Å². The standard InChI is InChI=1S/C61H40N4OS2/c66-61(39-25-29-41(30-26-39)62-49-15-3-1-13-45(49)47-37-43(33-35-51(47)62)64-53-17-5-9-21-57(53)67-58-22-10-6-18-54(58)64)40-27-31-42(32-28-40)63-50-16-4-2-14-46(50)48-38-44(34-36-52(48)63)65-55-19-7-11-23-59(55)68-60-24-12-8-20-56(60)65/h1-27,29-38,40H,28H2. The zero-order valence-corrected chi connectivity index (χ0v) is 38.3. The first-order chi connectivity index (χ1) is 33.6. The highest BCUT2D eigenvalue weighted by Gasteiger charge is 2.28. The Morgan fingerprint density at radius 2 is 0.824 bits per heavy atom. The number of aromatic nitrogens is 2. The fraction of sp³-hybridized carbons (Fsp3) is 0.0328. The van der Waals surface area contributed by atoms with Gasteiger partial charge in [-0.15, -0.1) is 0 Å². The first-order valence-electron chi connectivity index (χ1n) is 23.1. The van der Waals surface area contributed by atoms with E-state index in [1.165, 1.54) is 63.9 Å². The average molecular weight is 909 g/mol. The van der Waals surface area contributed by atoms with Gasteiger partial charge in [-0.05, 0) is 134 Å². The van der Waals surface area contributed by atoms with Crippen LogP contribution in [0.2, 0.25) is 0 Å². The number of carbonyl (C=O) groups is 1. The number of para-hydroxylation sites is 6. The third kappa shape index (κ3) is 6.09. The summed E-state index contributed by atoms with van der Waals surface area (Å²) in [5.74, 6) is -0.126. The molecule has 0 amide bonds. The highest BCUT2D eigenvalue weighted by atomic mass is 32.2. The molecule has 1 atom stereocenters. The zero-order chi connectivity index (χ0) is 44.9. The number of benzene rings is 9. The minimum absolute atomic E-state index is 0.127. The van der Waals surface area contributed by atoms with Gasteiger partial charge in [-0.3, -0.25) is 4.79 Å². The Morgan fingerprint density at radius 1 is 0.412 bits per heavy atom. The summed E-state index contributed by atoms with van der Waals surface area (Å²) < 4.78 is 4.68. The summed E-state index contributed by atoms with van der Waals surface area (Å²) in [4.78, 5) is 24.0. The molecule has 4 heterocycles. The Balaban J connectivity index is 0.763. The van der Waals surface area contributed by atoms with Crippen molar-refractivity contribution in [2.45, 2.75) is 26.0 Å². The maximum Gasteiger partial charge on any atom is 0.170 e. The van der Waals surface area contributed by atoms with Gasteiger partial charge in [0.25, 0.3) is 0 Å². The first kappa shape index (κ1) is 39.2. The number of fused-ring (bicyclic) bond motifs is 10. The van der Waals surface area contributed by atoms with Crippen molar-refractivity contribution in [1.29, 1.82) is 0 Å². The largest absolute Gasteiger partial charge is 0.310 e. The molecule has 2 aromatic heterocycles. The molecule has 0 radical (unpaired) electrons. The Bertz CT molecular complexity index is 3860. The number of allylic oxidation sites excluding steroid dienone is 4. The van der Waals surface area contributed by atoms with Gasteiger partial charge >= 0.3 is 0 Å². The van der Waals surface area contributed by atoms with Crippen molar-refractivity contribution in [3.8, 4) is 5.69 Å². The van der Waals surface area contributed by atoms with Crippen molar-refractivity contribution in [3.63, 3.8) is 0 Å². The van der Waals surface area contributed by atoms with Gasteiger partial charge in [0.2, 0.25) is 0 Å². The lowest BCUT2D eigenvalue weighted by Crippen LogP contribution is -2.15.